The van der Waals surface area contributed by atoms with Gasteiger partial charge in [0.05, 0.1) is 100 Å². The molecule has 0 aromatic rings. The summed E-state index contributed by atoms with van der Waals surface area (Å²) in [7, 11) is 2.56. The molecule has 2 rings (SSSR count). The van der Waals surface area contributed by atoms with Gasteiger partial charge in [-0.25, -0.2) is 9.59 Å². The topological polar surface area (TPSA) is 350 Å². The van der Waals surface area contributed by atoms with E-state index in [1.165, 1.54) is 19.1 Å². The molecule has 0 aromatic carbocycles. The van der Waals surface area contributed by atoms with Crippen LogP contribution in [-0.4, -0.2) is 215 Å². The summed E-state index contributed by atoms with van der Waals surface area (Å²) in [5.74, 6) is -9.38. The summed E-state index contributed by atoms with van der Waals surface area (Å²) >= 11 is 0. The van der Waals surface area contributed by atoms with E-state index < -0.39 is 148 Å². The van der Waals surface area contributed by atoms with Gasteiger partial charge in [-0.1, -0.05) is 52.0 Å². The summed E-state index contributed by atoms with van der Waals surface area (Å²) in [5.41, 5.74) is -2.59. The molecule has 2 saturated heterocycles. The van der Waals surface area contributed by atoms with Crippen LogP contribution in [-0.2, 0) is 95.3 Å². The fourth-order valence-corrected chi connectivity index (χ4v) is 11.0. The summed E-state index contributed by atoms with van der Waals surface area (Å²) < 4.78 is 54.0. The van der Waals surface area contributed by atoms with E-state index in [2.05, 4.69) is 26.3 Å². The van der Waals surface area contributed by atoms with Crippen molar-refractivity contribution in [3.8, 4) is 0 Å². The first-order valence-electron chi connectivity index (χ1n) is 35.8. The molecule has 26 nitrogen and oxygen atoms in total. The molecule has 2 fully saturated rings. The first-order chi connectivity index (χ1) is 47.5. The molecule has 2 heterocycles. The van der Waals surface area contributed by atoms with Gasteiger partial charge in [-0.3, -0.25) is 38.4 Å². The Labute approximate surface area is 608 Å². The van der Waals surface area contributed by atoms with Crippen LogP contribution in [0.1, 0.15) is 226 Å². The van der Waals surface area contributed by atoms with Gasteiger partial charge in [0.1, 0.15) is 34.5 Å². The number of aliphatic hydroxyl groups is 2. The lowest BCUT2D eigenvalue weighted by molar-refractivity contribution is -0.165. The normalized spacial score (nSPS) is 18.3. The van der Waals surface area contributed by atoms with Crippen molar-refractivity contribution in [3.05, 3.63) is 50.6 Å². The van der Waals surface area contributed by atoms with Gasteiger partial charge in [0.2, 0.25) is 11.8 Å². The number of hydrogen-bond donors (Lipinski definition) is 4. The number of hydrogen-bond acceptors (Lipinski definition) is 22. The van der Waals surface area contributed by atoms with E-state index in [0.29, 0.717) is 52.1 Å². The third-order valence-electron chi connectivity index (χ3n) is 15.5. The highest BCUT2D eigenvalue weighted by molar-refractivity contribution is 5.90. The van der Waals surface area contributed by atoms with Crippen LogP contribution in [0.2, 0.25) is 0 Å². The number of carbonyl (C=O) groups excluding carboxylic acids is 8. The second kappa shape index (κ2) is 50.8. The van der Waals surface area contributed by atoms with Crippen molar-refractivity contribution in [2.24, 2.45) is 23.7 Å². The third kappa shape index (κ3) is 42.3. The standard InChI is InChI=1S/C22H37NO7.C21H35NO7.C17H30O5.C16H28O5/c1-7-9-10-11-29-18(8-2)16(13-19(25)30-22(3,4)5)20(26)23-14-15(24)12-17(23)21(27)28-6;1-6-8-9-10-28-17(7-2)15(12-18(24)29-21(3,4)5)19(25)22-13-14(23)11-16(22)20(26)27;1-7-9-10-11-21-14(8-2)13(16(19)20-6)12-15(18)22-17(3,4)5;1-6-8-9-10-20-13(7-2)12(15(18)19)11-14(17)21-16(3,4)5/h7,15-18,24H,1,8-14H2,2-6H3;6,14-17,23H,1,7-13H2,2-5H3,(H,26,27);7,13-14H,1,8-12H2,2-6H3;6,12-13H,1,7-11H2,2-5H3,(H,18,19)/t15-,16+,17+,18+;14-,15+,16+,17+;13-,14-;12-,13-/m1100/s1. The Morgan fingerprint density at radius 1 is 0.422 bits per heavy atom. The van der Waals surface area contributed by atoms with Gasteiger partial charge in [0.15, 0.2) is 0 Å². The maximum absolute atomic E-state index is 13.4. The first kappa shape index (κ1) is 97.5. The smallest absolute Gasteiger partial charge is 0.328 e. The predicted molar refractivity (Wildman–Crippen MR) is 385 cm³/mol. The summed E-state index contributed by atoms with van der Waals surface area (Å²) in [6.07, 6.45) is 11.5. The highest BCUT2D eigenvalue weighted by atomic mass is 16.6. The molecule has 0 saturated carbocycles. The first-order valence-corrected chi connectivity index (χ1v) is 35.8. The molecule has 2 amide bonds. The maximum Gasteiger partial charge on any atom is 0.328 e. The van der Waals surface area contributed by atoms with Crippen LogP contribution in [0, 0.1) is 23.7 Å². The van der Waals surface area contributed by atoms with Crippen molar-refractivity contribution in [1.82, 2.24) is 9.80 Å². The highest BCUT2D eigenvalue weighted by Gasteiger charge is 2.46. The second-order valence-electron chi connectivity index (χ2n) is 29.1. The van der Waals surface area contributed by atoms with Crippen LogP contribution in [0.25, 0.3) is 0 Å². The number of β-amino-alcohol motifs (C(OH)–C–C–N with tert-alkyl or cyclic N) is 2. The number of esters is 6. The molecular formula is C76H130N2O24. The summed E-state index contributed by atoms with van der Waals surface area (Å²) in [6.45, 7) is 45.0. The number of nitrogens with zero attached hydrogens (tertiary/aromatic N) is 2. The molecule has 0 bridgehead atoms. The molecule has 0 radical (unpaired) electrons. The molecule has 102 heavy (non-hydrogen) atoms. The fraction of sp³-hybridized carbons (Fsp3) is 0.763. The van der Waals surface area contributed by atoms with Gasteiger partial charge in [-0.2, -0.15) is 0 Å². The Bertz CT molecular complexity index is 2560. The SMILES string of the molecule is C=CCCCO[C@@H](CC)[C@H](CC(=O)OC(C)(C)C)C(=O)N1C[C@H](O)C[C@H]1C(=O)O.C=CCCCO[C@@H](CC)[C@H](CC(=O)OC(C)(C)C)C(=O)N1C[C@H](O)C[C@H]1C(=O)OC.C=CCCCO[C@@H](CC)[C@H](CC(=O)OC(C)(C)C)C(=O)O.C=CCCCO[C@@H](CC)[C@H](CC(=O)OC(C)(C)C)C(=O)OC. The number of amides is 2. The van der Waals surface area contributed by atoms with E-state index >= 15 is 0 Å². The highest BCUT2D eigenvalue weighted by Crippen LogP contribution is 2.30. The fourth-order valence-electron chi connectivity index (χ4n) is 11.0. The number of ether oxygens (including phenoxy) is 10. The molecule has 2 aliphatic rings. The van der Waals surface area contributed by atoms with Crippen molar-refractivity contribution < 1.29 is 116 Å². The van der Waals surface area contributed by atoms with Crippen molar-refractivity contribution in [2.45, 2.75) is 297 Å². The van der Waals surface area contributed by atoms with Gasteiger partial charge in [0.25, 0.3) is 0 Å². The molecule has 2 aliphatic heterocycles. The van der Waals surface area contributed by atoms with E-state index in [0.717, 1.165) is 56.3 Å². The largest absolute Gasteiger partial charge is 0.481 e. The molecule has 0 unspecified atom stereocenters. The molecule has 0 aliphatic carbocycles. The van der Waals surface area contributed by atoms with Crippen LogP contribution in [0.4, 0.5) is 0 Å². The quantitative estimate of drug-likeness (QED) is 0.0191. The molecule has 26 heteroatoms. The lowest BCUT2D eigenvalue weighted by Gasteiger charge is -2.32. The summed E-state index contributed by atoms with van der Waals surface area (Å²) in [5, 5.41) is 38.7. The zero-order valence-corrected chi connectivity index (χ0v) is 64.9. The van der Waals surface area contributed by atoms with E-state index in [1.54, 1.807) is 101 Å². The number of aliphatic hydroxyl groups excluding tert-OH is 2. The van der Waals surface area contributed by atoms with Gasteiger partial charge < -0.3 is 77.6 Å². The summed E-state index contributed by atoms with van der Waals surface area (Å²) in [6, 6.07) is -1.99. The monoisotopic (exact) mass is 1450 g/mol. The van der Waals surface area contributed by atoms with Gasteiger partial charge in [0, 0.05) is 52.4 Å². The van der Waals surface area contributed by atoms with Crippen LogP contribution in [0.5, 0.6) is 0 Å². The number of carboxylic acid groups (broad SMARTS) is 2. The minimum Gasteiger partial charge on any atom is -0.481 e. The minimum absolute atomic E-state index is 0.0102. The molecule has 0 spiro atoms. The average molecular weight is 1460 g/mol. The third-order valence-corrected chi connectivity index (χ3v) is 15.5. The van der Waals surface area contributed by atoms with Crippen LogP contribution >= 0.6 is 0 Å². The van der Waals surface area contributed by atoms with E-state index in [-0.39, 0.29) is 57.7 Å². The number of carbonyl (C=O) groups is 10. The Kier molecular flexibility index (Phi) is 48.5. The number of methoxy groups -OCH3 is 2. The number of likely N-dealkylation sites (tertiary alicyclic amines) is 2. The van der Waals surface area contributed by atoms with E-state index in [1.807, 2.05) is 33.8 Å². The number of carboxylic acids is 2. The van der Waals surface area contributed by atoms with Crippen molar-refractivity contribution in [2.75, 3.05) is 53.7 Å². The molecule has 12 atom stereocenters. The number of unbranched alkanes of at least 4 members (excludes halogenated alkanes) is 4. The zero-order chi connectivity index (χ0) is 78.7. The van der Waals surface area contributed by atoms with Crippen LogP contribution < -0.4 is 0 Å². The lowest BCUT2D eigenvalue weighted by atomic mass is 9.94. The molecular weight excluding hydrogens is 1320 g/mol. The number of rotatable bonds is 42. The average Bonchev–Trinajstić information content (AvgIpc) is 1.64. The second-order valence-corrected chi connectivity index (χ2v) is 29.1. The molecule has 4 N–H and O–H groups in total. The minimum atomic E-state index is -1.18. The Morgan fingerprint density at radius 2 is 0.686 bits per heavy atom. The number of allylic oxidation sites excluding steroid dienone is 4. The van der Waals surface area contributed by atoms with Gasteiger partial charge in [-0.05, 0) is 160 Å². The molecule has 0 aromatic heterocycles. The zero-order valence-electron chi connectivity index (χ0n) is 64.9. The van der Waals surface area contributed by atoms with Crippen molar-refractivity contribution >= 4 is 59.6 Å². The van der Waals surface area contributed by atoms with Crippen LogP contribution in [0.3, 0.4) is 0 Å². The predicted octanol–water partition coefficient (Wildman–Crippen LogP) is 10.8. The van der Waals surface area contributed by atoms with E-state index in [4.69, 9.17) is 47.4 Å². The van der Waals surface area contributed by atoms with Crippen molar-refractivity contribution in [3.63, 3.8) is 0 Å². The Balaban J connectivity index is 0. The Hall–Kier alpha value is -6.58. The number of aliphatic carboxylic acids is 2. The lowest BCUT2D eigenvalue weighted by Crippen LogP contribution is -2.48. The van der Waals surface area contributed by atoms with Gasteiger partial charge in [-0.15, -0.1) is 26.3 Å². The van der Waals surface area contributed by atoms with Gasteiger partial charge >= 0.3 is 47.8 Å². The Morgan fingerprint density at radius 3 is 0.941 bits per heavy atom. The van der Waals surface area contributed by atoms with Crippen LogP contribution in [0.15, 0.2) is 50.6 Å². The van der Waals surface area contributed by atoms with E-state index in [9.17, 15) is 68.4 Å². The maximum atomic E-state index is 13.4. The molecule has 588 valence electrons. The summed E-state index contributed by atoms with van der Waals surface area (Å²) in [4.78, 5) is 125. The van der Waals surface area contributed by atoms with Crippen molar-refractivity contribution in [1.29, 1.82) is 0 Å².